The largest absolute Gasteiger partial charge is 0.454 e. The van der Waals surface area contributed by atoms with Crippen molar-refractivity contribution in [2.45, 2.75) is 20.3 Å². The Kier molecular flexibility index (Phi) is 2.66. The highest BCUT2D eigenvalue weighted by Gasteiger charge is 2.18. The number of nitrogens with zero attached hydrogens (tertiary/aromatic N) is 2. The fraction of sp³-hybridized carbons (Fsp3) is 0.294. The van der Waals surface area contributed by atoms with Gasteiger partial charge >= 0.3 is 0 Å². The summed E-state index contributed by atoms with van der Waals surface area (Å²) >= 11 is 0. The normalized spacial score (nSPS) is 12.2. The van der Waals surface area contributed by atoms with Crippen LogP contribution in [-0.4, -0.2) is 14.8 Å². The molecule has 1 N–H and O–H groups in total. The molecule has 0 saturated carbocycles. The summed E-state index contributed by atoms with van der Waals surface area (Å²) in [6.45, 7) is 4.37. The number of hydrogen-bond donors (Lipinski definition) is 1. The van der Waals surface area contributed by atoms with Crippen molar-refractivity contribution >= 4 is 33.1 Å². The predicted octanol–water partition coefficient (Wildman–Crippen LogP) is 3.36. The Labute approximate surface area is 126 Å². The highest BCUT2D eigenvalue weighted by Crippen LogP contribution is 2.34. The summed E-state index contributed by atoms with van der Waals surface area (Å²) in [6, 6.07) is 4.89. The Morgan fingerprint density at radius 1 is 1.32 bits per heavy atom. The van der Waals surface area contributed by atoms with Crippen LogP contribution in [0.3, 0.4) is 0 Å². The van der Waals surface area contributed by atoms with E-state index in [0.717, 1.165) is 39.5 Å². The van der Waals surface area contributed by atoms with Crippen LogP contribution in [-0.2, 0) is 13.5 Å². The van der Waals surface area contributed by atoms with E-state index in [1.807, 2.05) is 17.9 Å². The summed E-state index contributed by atoms with van der Waals surface area (Å²) in [4.78, 5) is 16.3. The minimum absolute atomic E-state index is 0.0464. The maximum absolute atomic E-state index is 11.6. The van der Waals surface area contributed by atoms with Crippen molar-refractivity contribution in [2.75, 3.05) is 0 Å². The molecule has 0 atom stereocenters. The van der Waals surface area contributed by atoms with Crippen molar-refractivity contribution in [1.82, 2.24) is 14.8 Å². The topological polar surface area (TPSA) is 63.8 Å². The molecule has 4 rings (SSSR count). The average Bonchev–Trinajstić information content (AvgIpc) is 3.00. The molecule has 22 heavy (non-hydrogen) atoms. The predicted molar refractivity (Wildman–Crippen MR) is 87.2 cm³/mol. The highest BCUT2D eigenvalue weighted by atomic mass is 16.3. The maximum atomic E-state index is 11.6. The smallest absolute Gasteiger partial charge is 0.182 e. The van der Waals surface area contributed by atoms with Crippen LogP contribution >= 0.6 is 0 Å². The Balaban J connectivity index is 2.21. The molecule has 5 nitrogen and oxygen atoms in total. The van der Waals surface area contributed by atoms with Crippen molar-refractivity contribution in [2.24, 2.45) is 13.0 Å². The van der Waals surface area contributed by atoms with Gasteiger partial charge in [-0.2, -0.15) is 0 Å². The number of aromatic nitrogens is 3. The van der Waals surface area contributed by atoms with E-state index >= 15 is 0 Å². The molecular weight excluding hydrogens is 278 g/mol. The lowest BCUT2D eigenvalue weighted by molar-refractivity contribution is 0.625. The first-order valence-electron chi connectivity index (χ1n) is 7.44. The molecule has 0 aliphatic rings. The molecule has 3 heterocycles. The Morgan fingerprint density at radius 3 is 2.91 bits per heavy atom. The summed E-state index contributed by atoms with van der Waals surface area (Å²) in [6.07, 6.45) is 2.86. The molecule has 1 aromatic carbocycles. The summed E-state index contributed by atoms with van der Waals surface area (Å²) in [5.41, 5.74) is 4.23. The Hall–Kier alpha value is -2.56. The van der Waals surface area contributed by atoms with Crippen molar-refractivity contribution in [3.05, 3.63) is 40.2 Å². The summed E-state index contributed by atoms with van der Waals surface area (Å²) in [5.74, 6) is 0.497. The van der Waals surface area contributed by atoms with Gasteiger partial charge in [0.15, 0.2) is 16.7 Å². The first-order valence-corrected chi connectivity index (χ1v) is 7.44. The Morgan fingerprint density at radius 2 is 2.14 bits per heavy atom. The zero-order chi connectivity index (χ0) is 15.4. The second-order valence-corrected chi connectivity index (χ2v) is 6.20. The molecule has 0 aliphatic carbocycles. The number of H-pyrrole nitrogens is 1. The van der Waals surface area contributed by atoms with Gasteiger partial charge in [-0.3, -0.25) is 9.48 Å². The minimum Gasteiger partial charge on any atom is -0.454 e. The molecule has 0 unspecified atom stereocenters. The van der Waals surface area contributed by atoms with Crippen LogP contribution in [0.5, 0.6) is 0 Å². The van der Waals surface area contributed by atoms with E-state index < -0.39 is 0 Å². The standard InChI is InChI=1S/C17H17N3O2/c1-9(2)6-12-13-8-18-20(3)17(13)19-15-11-5-4-10(21)7-14(11)22-16(12)15/h4-5,7-9,18H,6H2,1-3H3. The third kappa shape index (κ3) is 1.78. The molecule has 112 valence electrons. The van der Waals surface area contributed by atoms with E-state index in [0.29, 0.717) is 11.5 Å². The van der Waals surface area contributed by atoms with Crippen LogP contribution < -0.4 is 5.43 Å². The number of nitrogens with one attached hydrogen (secondary N) is 1. The Bertz CT molecular complexity index is 1070. The van der Waals surface area contributed by atoms with Crippen molar-refractivity contribution in [3.8, 4) is 0 Å². The monoisotopic (exact) mass is 295 g/mol. The maximum Gasteiger partial charge on any atom is 0.182 e. The first-order chi connectivity index (χ1) is 10.5. The number of aromatic amines is 1. The lowest BCUT2D eigenvalue weighted by Crippen LogP contribution is -1.98. The molecule has 0 aliphatic heterocycles. The number of benzene rings is 1. The molecule has 0 fully saturated rings. The van der Waals surface area contributed by atoms with Gasteiger partial charge in [0.05, 0.1) is 0 Å². The molecule has 3 aromatic heterocycles. The van der Waals surface area contributed by atoms with Crippen LogP contribution in [0.15, 0.2) is 33.6 Å². The lowest BCUT2D eigenvalue weighted by atomic mass is 10.00. The second-order valence-electron chi connectivity index (χ2n) is 6.20. The van der Waals surface area contributed by atoms with E-state index in [9.17, 15) is 4.79 Å². The summed E-state index contributed by atoms with van der Waals surface area (Å²) in [5, 5.41) is 5.14. The SMILES string of the molecule is CC(C)Cc1c2c[nH]n(C)c2nc2c1oc1cc(=O)ccc12. The molecule has 0 saturated heterocycles. The summed E-state index contributed by atoms with van der Waals surface area (Å²) < 4.78 is 7.90. The zero-order valence-electron chi connectivity index (χ0n) is 12.8. The average molecular weight is 295 g/mol. The molecule has 0 spiro atoms. The van der Waals surface area contributed by atoms with Crippen molar-refractivity contribution in [1.29, 1.82) is 0 Å². The third-order valence-electron chi connectivity index (χ3n) is 4.03. The van der Waals surface area contributed by atoms with Gasteiger partial charge in [-0.25, -0.2) is 4.98 Å². The van der Waals surface area contributed by atoms with E-state index in [4.69, 9.17) is 9.40 Å². The van der Waals surface area contributed by atoms with Crippen molar-refractivity contribution in [3.63, 3.8) is 0 Å². The lowest BCUT2D eigenvalue weighted by Gasteiger charge is -2.07. The van der Waals surface area contributed by atoms with Gasteiger partial charge in [0.1, 0.15) is 11.1 Å². The number of rotatable bonds is 2. The summed E-state index contributed by atoms with van der Waals surface area (Å²) in [7, 11) is 1.94. The number of aryl methyl sites for hydroxylation is 1. The number of pyridine rings is 1. The molecule has 0 amide bonds. The molecule has 0 bridgehead atoms. The molecule has 5 heteroatoms. The quantitative estimate of drug-likeness (QED) is 0.616. The third-order valence-corrected chi connectivity index (χ3v) is 4.03. The van der Waals surface area contributed by atoms with Gasteiger partial charge in [-0.05, 0) is 24.5 Å². The van der Waals surface area contributed by atoms with Gasteiger partial charge in [0.25, 0.3) is 0 Å². The second kappa shape index (κ2) is 4.47. The zero-order valence-corrected chi connectivity index (χ0v) is 12.8. The molecule has 0 radical (unpaired) electrons. The van der Waals surface area contributed by atoms with Gasteiger partial charge in [-0.1, -0.05) is 13.8 Å². The first kappa shape index (κ1) is 13.1. The van der Waals surface area contributed by atoms with E-state index in [1.165, 1.54) is 6.07 Å². The van der Waals surface area contributed by atoms with E-state index in [2.05, 4.69) is 18.9 Å². The number of hydrogen-bond acceptors (Lipinski definition) is 3. The van der Waals surface area contributed by atoms with E-state index in [-0.39, 0.29) is 5.43 Å². The van der Waals surface area contributed by atoms with Gasteiger partial charge in [-0.15, -0.1) is 0 Å². The molecular formula is C17H17N3O2. The van der Waals surface area contributed by atoms with Crippen LogP contribution in [0, 0.1) is 5.92 Å². The van der Waals surface area contributed by atoms with Crippen LogP contribution in [0.25, 0.3) is 33.1 Å². The fourth-order valence-corrected chi connectivity index (χ4v) is 3.04. The van der Waals surface area contributed by atoms with Gasteiger partial charge in [0.2, 0.25) is 0 Å². The van der Waals surface area contributed by atoms with Crippen molar-refractivity contribution < 1.29 is 4.42 Å². The van der Waals surface area contributed by atoms with Crippen LogP contribution in [0.1, 0.15) is 19.4 Å². The highest BCUT2D eigenvalue weighted by molar-refractivity contribution is 6.07. The van der Waals surface area contributed by atoms with Gasteiger partial charge < -0.3 is 9.52 Å². The number of fused-ring (bicyclic) bond motifs is 4. The number of furan rings is 1. The minimum atomic E-state index is -0.0464. The van der Waals surface area contributed by atoms with E-state index in [1.54, 1.807) is 12.1 Å². The van der Waals surface area contributed by atoms with Gasteiger partial charge in [0, 0.05) is 35.6 Å². The van der Waals surface area contributed by atoms with Crippen LogP contribution in [0.2, 0.25) is 0 Å². The van der Waals surface area contributed by atoms with Crippen LogP contribution in [0.4, 0.5) is 0 Å². The fourth-order valence-electron chi connectivity index (χ4n) is 3.04. The molecule has 4 aromatic rings.